The van der Waals surface area contributed by atoms with Gasteiger partial charge in [0, 0.05) is 12.6 Å². The van der Waals surface area contributed by atoms with E-state index in [-0.39, 0.29) is 17.9 Å². The van der Waals surface area contributed by atoms with Gasteiger partial charge in [-0.05, 0) is 55.7 Å². The van der Waals surface area contributed by atoms with Crippen molar-refractivity contribution in [2.45, 2.75) is 70.0 Å². The maximum atomic E-state index is 13.7. The number of carbonyl (C=O) groups is 2. The van der Waals surface area contributed by atoms with Crippen LogP contribution in [0.15, 0.2) is 53.9 Å². The van der Waals surface area contributed by atoms with Crippen LogP contribution < -0.4 is 5.32 Å². The zero-order valence-corrected chi connectivity index (χ0v) is 20.5. The molecule has 1 aliphatic carbocycles. The average Bonchev–Trinajstić information content (AvgIpc) is 3.53. The molecular formula is C27H32N4O2S. The summed E-state index contributed by atoms with van der Waals surface area (Å²) in [5, 5.41) is 10.0. The molecule has 1 fully saturated rings. The van der Waals surface area contributed by atoms with Crippen LogP contribution in [-0.4, -0.2) is 44.6 Å². The molecule has 178 valence electrons. The van der Waals surface area contributed by atoms with Crippen molar-refractivity contribution in [1.82, 2.24) is 20.0 Å². The Bertz CT molecular complexity index is 1130. The summed E-state index contributed by atoms with van der Waals surface area (Å²) in [6.45, 7) is 2.80. The second-order valence-corrected chi connectivity index (χ2v) is 10.6. The number of aryl methyl sites for hydroxylation is 1. The minimum Gasteiger partial charge on any atom is -0.351 e. The number of hydrogen-bond acceptors (Lipinski definition) is 4. The first-order chi connectivity index (χ1) is 16.5. The fourth-order valence-corrected chi connectivity index (χ4v) is 5.89. The summed E-state index contributed by atoms with van der Waals surface area (Å²) in [5.41, 5.74) is 1.62. The number of benzene rings is 1. The Morgan fingerprint density at radius 2 is 1.94 bits per heavy atom. The predicted octanol–water partition coefficient (Wildman–Crippen LogP) is 4.91. The third-order valence-corrected chi connectivity index (χ3v) is 8.08. The molecule has 34 heavy (non-hydrogen) atoms. The van der Waals surface area contributed by atoms with Crippen LogP contribution in [0.4, 0.5) is 0 Å². The number of rotatable bonds is 7. The molecule has 1 atom stereocenters. The van der Waals surface area contributed by atoms with Crippen molar-refractivity contribution in [3.05, 3.63) is 65.2 Å². The molecule has 7 heteroatoms. The summed E-state index contributed by atoms with van der Waals surface area (Å²) < 4.78 is 1.74. The van der Waals surface area contributed by atoms with Crippen LogP contribution in [0.1, 0.15) is 61.5 Å². The van der Waals surface area contributed by atoms with Crippen LogP contribution in [0.2, 0.25) is 0 Å². The number of thiophene rings is 1. The topological polar surface area (TPSA) is 67.2 Å². The maximum Gasteiger partial charge on any atom is 0.273 e. The lowest BCUT2D eigenvalue weighted by Gasteiger charge is -2.44. The lowest BCUT2D eigenvalue weighted by molar-refractivity contribution is -0.134. The number of amides is 2. The van der Waals surface area contributed by atoms with Gasteiger partial charge in [0.25, 0.3) is 5.91 Å². The Hall–Kier alpha value is -2.93. The van der Waals surface area contributed by atoms with Gasteiger partial charge in [0.05, 0.1) is 11.4 Å². The fraction of sp³-hybridized carbons (Fsp3) is 0.444. The number of hydrogen-bond donors (Lipinski definition) is 1. The van der Waals surface area contributed by atoms with E-state index in [0.717, 1.165) is 49.1 Å². The lowest BCUT2D eigenvalue weighted by Crippen LogP contribution is -2.65. The quantitative estimate of drug-likeness (QED) is 0.527. The van der Waals surface area contributed by atoms with E-state index in [9.17, 15) is 9.59 Å². The Morgan fingerprint density at radius 1 is 1.15 bits per heavy atom. The first-order valence-corrected chi connectivity index (χ1v) is 13.2. The maximum absolute atomic E-state index is 13.7. The molecule has 2 amide bonds. The molecule has 3 aromatic rings. The zero-order valence-electron chi connectivity index (χ0n) is 19.7. The van der Waals surface area contributed by atoms with E-state index in [0.29, 0.717) is 18.8 Å². The summed E-state index contributed by atoms with van der Waals surface area (Å²) in [6.07, 6.45) is 7.22. The molecule has 1 aromatic carbocycles. The summed E-state index contributed by atoms with van der Waals surface area (Å²) >= 11 is 1.60. The van der Waals surface area contributed by atoms with Crippen LogP contribution in [0.25, 0.3) is 10.6 Å². The Balaban J connectivity index is 1.41. The number of aromatic nitrogens is 2. The van der Waals surface area contributed by atoms with Crippen molar-refractivity contribution in [2.75, 3.05) is 6.54 Å². The molecule has 1 N–H and O–H groups in total. The zero-order chi connectivity index (χ0) is 23.5. The number of fused-ring (bicyclic) bond motifs is 1. The Morgan fingerprint density at radius 3 is 2.68 bits per heavy atom. The molecule has 5 rings (SSSR count). The molecule has 1 aliphatic heterocycles. The van der Waals surface area contributed by atoms with Gasteiger partial charge in [-0.25, -0.2) is 0 Å². The molecule has 0 unspecified atom stereocenters. The molecule has 6 nitrogen and oxygen atoms in total. The van der Waals surface area contributed by atoms with Gasteiger partial charge < -0.3 is 10.2 Å². The van der Waals surface area contributed by atoms with E-state index >= 15 is 0 Å². The third kappa shape index (κ3) is 4.53. The van der Waals surface area contributed by atoms with E-state index in [1.807, 2.05) is 48.7 Å². The van der Waals surface area contributed by atoms with Crippen molar-refractivity contribution in [2.24, 2.45) is 0 Å². The van der Waals surface area contributed by atoms with E-state index in [1.165, 1.54) is 12.0 Å². The summed E-state index contributed by atoms with van der Waals surface area (Å²) in [6, 6.07) is 16.4. The van der Waals surface area contributed by atoms with Crippen molar-refractivity contribution in [1.29, 1.82) is 0 Å². The van der Waals surface area contributed by atoms with Gasteiger partial charge >= 0.3 is 0 Å². The molecule has 0 saturated heterocycles. The fourth-order valence-electron chi connectivity index (χ4n) is 5.21. The first kappa shape index (κ1) is 22.8. The third-order valence-electron chi connectivity index (χ3n) is 7.19. The molecule has 0 radical (unpaired) electrons. The van der Waals surface area contributed by atoms with Crippen molar-refractivity contribution in [3.63, 3.8) is 0 Å². The molecule has 2 aliphatic rings. The molecular weight excluding hydrogens is 444 g/mol. The molecule has 1 saturated carbocycles. The number of nitrogens with zero attached hydrogens (tertiary/aromatic N) is 3. The van der Waals surface area contributed by atoms with Crippen molar-refractivity contribution < 1.29 is 9.59 Å². The summed E-state index contributed by atoms with van der Waals surface area (Å²) in [5.74, 6) is -0.179. The van der Waals surface area contributed by atoms with E-state index in [1.54, 1.807) is 20.9 Å². The smallest absolute Gasteiger partial charge is 0.273 e. The van der Waals surface area contributed by atoms with Gasteiger partial charge in [0.15, 0.2) is 0 Å². The standard InChI is InChI=1S/C27H32N4O2S/c1-27(26(33)28-21-13-6-3-7-14-21)19-31-23(18-22(29-31)24-15-9-17-34-24)25(32)30(27)16-8-12-20-10-4-2-5-11-20/h2,4-5,9-11,15,17-18,21H,3,6-8,12-14,16,19H2,1H3,(H,28,33)/t27-/m1/s1. The second kappa shape index (κ2) is 9.74. The van der Waals surface area contributed by atoms with Gasteiger partial charge in [0.1, 0.15) is 16.9 Å². The van der Waals surface area contributed by atoms with Crippen LogP contribution in [-0.2, 0) is 17.8 Å². The van der Waals surface area contributed by atoms with Crippen LogP contribution in [0, 0.1) is 0 Å². The Labute approximate surface area is 205 Å². The summed E-state index contributed by atoms with van der Waals surface area (Å²) in [7, 11) is 0. The molecule has 0 spiro atoms. The molecule has 2 aromatic heterocycles. The highest BCUT2D eigenvalue weighted by Crippen LogP contribution is 2.32. The van der Waals surface area contributed by atoms with Gasteiger partial charge in [-0.1, -0.05) is 55.7 Å². The first-order valence-electron chi connectivity index (χ1n) is 12.3. The van der Waals surface area contributed by atoms with Gasteiger partial charge in [-0.15, -0.1) is 11.3 Å². The SMILES string of the molecule is C[C@]1(C(=O)NC2CCCCC2)Cn2nc(-c3cccs3)cc2C(=O)N1CCCc1ccccc1. The second-order valence-electron chi connectivity index (χ2n) is 9.68. The van der Waals surface area contributed by atoms with E-state index < -0.39 is 5.54 Å². The monoisotopic (exact) mass is 476 g/mol. The number of carbonyl (C=O) groups excluding carboxylic acids is 2. The Kier molecular flexibility index (Phi) is 6.55. The van der Waals surface area contributed by atoms with E-state index in [4.69, 9.17) is 5.10 Å². The highest BCUT2D eigenvalue weighted by atomic mass is 32.1. The minimum absolute atomic E-state index is 0.0636. The molecule has 0 bridgehead atoms. The van der Waals surface area contributed by atoms with Crippen LogP contribution in [0.5, 0.6) is 0 Å². The molecule has 3 heterocycles. The summed E-state index contributed by atoms with van der Waals surface area (Å²) in [4.78, 5) is 30.2. The highest BCUT2D eigenvalue weighted by molar-refractivity contribution is 7.13. The van der Waals surface area contributed by atoms with Gasteiger partial charge in [-0.3, -0.25) is 14.3 Å². The predicted molar refractivity (Wildman–Crippen MR) is 135 cm³/mol. The van der Waals surface area contributed by atoms with Gasteiger partial charge in [-0.2, -0.15) is 5.10 Å². The highest BCUT2D eigenvalue weighted by Gasteiger charge is 2.48. The van der Waals surface area contributed by atoms with E-state index in [2.05, 4.69) is 17.4 Å². The van der Waals surface area contributed by atoms with Crippen LogP contribution in [0.3, 0.4) is 0 Å². The minimum atomic E-state index is -0.975. The van der Waals surface area contributed by atoms with Crippen molar-refractivity contribution >= 4 is 23.2 Å². The normalized spacial score (nSPS) is 20.9. The number of nitrogens with one attached hydrogen (secondary N) is 1. The largest absolute Gasteiger partial charge is 0.351 e. The van der Waals surface area contributed by atoms with Gasteiger partial charge in [0.2, 0.25) is 5.91 Å². The van der Waals surface area contributed by atoms with Crippen LogP contribution >= 0.6 is 11.3 Å². The lowest BCUT2D eigenvalue weighted by atomic mass is 9.91. The average molecular weight is 477 g/mol. The van der Waals surface area contributed by atoms with Crippen molar-refractivity contribution in [3.8, 4) is 10.6 Å².